The summed E-state index contributed by atoms with van der Waals surface area (Å²) >= 11 is 0. The summed E-state index contributed by atoms with van der Waals surface area (Å²) in [5.41, 5.74) is 0. The van der Waals surface area contributed by atoms with Crippen molar-refractivity contribution in [1.82, 2.24) is 5.32 Å². The fourth-order valence-electron chi connectivity index (χ4n) is 9.48. The number of hydrogen-bond donors (Lipinski definition) is 3. The Bertz CT molecular complexity index is 1340. The number of nitrogens with zero attached hydrogens (tertiary/aromatic N) is 1. The molecule has 8 nitrogen and oxygen atoms in total. The monoisotopic (exact) mass is 1060 g/mol. The molecule has 1 amide bonds. The van der Waals surface area contributed by atoms with Crippen LogP contribution in [0.2, 0.25) is 0 Å². The van der Waals surface area contributed by atoms with Gasteiger partial charge < -0.3 is 19.8 Å². The summed E-state index contributed by atoms with van der Waals surface area (Å²) in [6.45, 7) is 4.82. The van der Waals surface area contributed by atoms with Gasteiger partial charge >= 0.3 is 7.82 Å². The van der Waals surface area contributed by atoms with E-state index in [0.29, 0.717) is 17.4 Å². The van der Waals surface area contributed by atoms with Gasteiger partial charge in [0.25, 0.3) is 0 Å². The molecule has 0 radical (unpaired) electrons. The average Bonchev–Trinajstić information content (AvgIpc) is 3.36. The molecule has 0 aliphatic rings. The Balaban J connectivity index is 4.13. The molecule has 0 heterocycles. The van der Waals surface area contributed by atoms with Crippen LogP contribution in [0.4, 0.5) is 0 Å². The quantitative estimate of drug-likeness (QED) is 0.0243. The van der Waals surface area contributed by atoms with Crippen LogP contribution in [0.3, 0.4) is 0 Å². The Hall–Kier alpha value is -1.54. The zero-order chi connectivity index (χ0) is 54.2. The Labute approximate surface area is 460 Å². The second-order valence-electron chi connectivity index (χ2n) is 23.1. The number of rotatable bonds is 59. The Morgan fingerprint density at radius 1 is 0.446 bits per heavy atom. The molecule has 0 bridgehead atoms. The van der Waals surface area contributed by atoms with E-state index in [1.807, 2.05) is 27.2 Å². The van der Waals surface area contributed by atoms with Gasteiger partial charge in [0.1, 0.15) is 13.2 Å². The van der Waals surface area contributed by atoms with Crippen molar-refractivity contribution in [1.29, 1.82) is 0 Å². The second-order valence-corrected chi connectivity index (χ2v) is 24.6. The molecule has 0 saturated carbocycles. The lowest BCUT2D eigenvalue weighted by molar-refractivity contribution is -0.870. The number of hydrogen-bond acceptors (Lipinski definition) is 5. The highest BCUT2D eigenvalue weighted by Crippen LogP contribution is 2.43. The van der Waals surface area contributed by atoms with Crippen molar-refractivity contribution < 1.29 is 32.9 Å². The number of aliphatic hydroxyl groups is 1. The number of likely N-dealkylation sites (N-methyl/N-ethyl adjacent to an activating group) is 1. The molecule has 3 N–H and O–H groups in total. The number of unbranched alkanes of at least 4 members (excludes halogenated alkanes) is 40. The summed E-state index contributed by atoms with van der Waals surface area (Å²) in [6.07, 6.45) is 75.3. The predicted octanol–water partition coefficient (Wildman–Crippen LogP) is 19.9. The van der Waals surface area contributed by atoms with Gasteiger partial charge in [-0.3, -0.25) is 13.8 Å². The number of allylic oxidation sites excluding steroid dienone is 7. The maximum atomic E-state index is 13.0. The predicted molar refractivity (Wildman–Crippen MR) is 323 cm³/mol. The van der Waals surface area contributed by atoms with Crippen LogP contribution in [-0.4, -0.2) is 73.4 Å². The molecule has 0 saturated heterocycles. The fraction of sp³-hybridized carbons (Fsp3) is 0.862. The third kappa shape index (κ3) is 58.1. The summed E-state index contributed by atoms with van der Waals surface area (Å²) in [6, 6.07) is -0.871. The van der Waals surface area contributed by atoms with Crippen LogP contribution in [0, 0.1) is 0 Å². The van der Waals surface area contributed by atoms with Crippen LogP contribution < -0.4 is 5.32 Å². The van der Waals surface area contributed by atoms with E-state index in [-0.39, 0.29) is 19.1 Å². The van der Waals surface area contributed by atoms with Crippen molar-refractivity contribution >= 4 is 13.7 Å². The number of carbonyl (C=O) groups is 1. The molecule has 9 heteroatoms. The third-order valence-corrected chi connectivity index (χ3v) is 15.5. The second kappa shape index (κ2) is 56.2. The highest BCUT2D eigenvalue weighted by atomic mass is 31.2. The summed E-state index contributed by atoms with van der Waals surface area (Å²) in [5, 5.41) is 13.9. The number of aliphatic hydroxyl groups excluding tert-OH is 1. The molecule has 3 unspecified atom stereocenters. The number of carbonyl (C=O) groups excluding carboxylic acids is 1. The number of nitrogens with one attached hydrogen (secondary N) is 1. The minimum atomic E-state index is -4.36. The minimum absolute atomic E-state index is 0.0538. The maximum absolute atomic E-state index is 13.0. The summed E-state index contributed by atoms with van der Waals surface area (Å²) in [4.78, 5) is 23.3. The van der Waals surface area contributed by atoms with E-state index in [9.17, 15) is 19.4 Å². The molecule has 3 atom stereocenters. The largest absolute Gasteiger partial charge is 0.472 e. The van der Waals surface area contributed by atoms with E-state index >= 15 is 0 Å². The molecule has 0 rings (SSSR count). The highest BCUT2D eigenvalue weighted by Gasteiger charge is 2.27. The zero-order valence-electron chi connectivity index (χ0n) is 49.8. The van der Waals surface area contributed by atoms with E-state index < -0.39 is 20.0 Å². The Morgan fingerprint density at radius 3 is 1.08 bits per heavy atom. The smallest absolute Gasteiger partial charge is 0.387 e. The van der Waals surface area contributed by atoms with E-state index in [2.05, 4.69) is 55.6 Å². The van der Waals surface area contributed by atoms with Crippen molar-refractivity contribution in [3.63, 3.8) is 0 Å². The first-order valence-corrected chi connectivity index (χ1v) is 33.5. The first kappa shape index (κ1) is 72.5. The van der Waals surface area contributed by atoms with Gasteiger partial charge in [-0.25, -0.2) is 4.57 Å². The van der Waals surface area contributed by atoms with Gasteiger partial charge in [-0.05, 0) is 70.6 Å². The molecule has 436 valence electrons. The molecule has 0 fully saturated rings. The third-order valence-electron chi connectivity index (χ3n) is 14.5. The maximum Gasteiger partial charge on any atom is 0.472 e. The molecular weight excluding hydrogens is 936 g/mol. The van der Waals surface area contributed by atoms with E-state index in [0.717, 1.165) is 44.9 Å². The van der Waals surface area contributed by atoms with E-state index in [1.54, 1.807) is 6.08 Å². The van der Waals surface area contributed by atoms with E-state index in [4.69, 9.17) is 9.05 Å². The van der Waals surface area contributed by atoms with Crippen molar-refractivity contribution in [2.75, 3.05) is 40.9 Å². The van der Waals surface area contributed by atoms with Crippen molar-refractivity contribution in [2.24, 2.45) is 0 Å². The van der Waals surface area contributed by atoms with Crippen LogP contribution >= 0.6 is 7.82 Å². The fourth-order valence-corrected chi connectivity index (χ4v) is 10.2. The van der Waals surface area contributed by atoms with Gasteiger partial charge in [-0.15, -0.1) is 0 Å². The lowest BCUT2D eigenvalue weighted by Gasteiger charge is -2.25. The van der Waals surface area contributed by atoms with E-state index in [1.165, 1.54) is 244 Å². The van der Waals surface area contributed by atoms with Gasteiger partial charge in [0.15, 0.2) is 0 Å². The lowest BCUT2D eigenvalue weighted by Crippen LogP contribution is -2.45. The topological polar surface area (TPSA) is 105 Å². The van der Waals surface area contributed by atoms with Crippen LogP contribution in [0.5, 0.6) is 0 Å². The number of phosphoric acid groups is 1. The molecular formula is C65H126N2O6P+. The first-order valence-electron chi connectivity index (χ1n) is 32.0. The average molecular weight is 1060 g/mol. The molecule has 74 heavy (non-hydrogen) atoms. The van der Waals surface area contributed by atoms with Gasteiger partial charge in [-0.2, -0.15) is 0 Å². The van der Waals surface area contributed by atoms with Gasteiger partial charge in [0, 0.05) is 6.42 Å². The molecule has 0 aromatic rings. The zero-order valence-corrected chi connectivity index (χ0v) is 50.7. The molecule has 0 spiro atoms. The Morgan fingerprint density at radius 2 is 0.743 bits per heavy atom. The van der Waals surface area contributed by atoms with Crippen LogP contribution in [0.15, 0.2) is 48.6 Å². The number of phosphoric ester groups is 1. The molecule has 0 aromatic heterocycles. The number of quaternary nitrogens is 1. The Kier molecular flexibility index (Phi) is 55.0. The summed E-state index contributed by atoms with van der Waals surface area (Å²) < 4.78 is 23.7. The van der Waals surface area contributed by atoms with Crippen molar-refractivity contribution in [3.05, 3.63) is 48.6 Å². The minimum Gasteiger partial charge on any atom is -0.387 e. The highest BCUT2D eigenvalue weighted by molar-refractivity contribution is 7.47. The number of amides is 1. The van der Waals surface area contributed by atoms with Gasteiger partial charge in [-0.1, -0.05) is 281 Å². The summed E-state index contributed by atoms with van der Waals surface area (Å²) in [5.74, 6) is -0.187. The van der Waals surface area contributed by atoms with Crippen molar-refractivity contribution in [2.45, 2.75) is 321 Å². The summed E-state index contributed by atoms with van der Waals surface area (Å²) in [7, 11) is 1.55. The standard InChI is InChI=1S/C65H125N2O6P/c1-6-8-10-12-14-16-18-20-22-24-26-28-29-30-31-32-33-34-35-36-37-39-41-43-45-47-49-51-53-55-57-59-65(69)66-63(62-73-74(70,71)72-61-60-67(3,4)5)64(68)58-56-54-52-50-48-46-44-42-40-38-27-25-23-21-19-17-15-13-11-9-7-2/h30-31,40,42,48,50,56,58,63-64,68H,6-29,32-39,41,43-47,49,51-55,57,59-62H2,1-5H3,(H-,66,69,70,71)/p+1/b31-30-,42-40+,50-48+,58-56+. The van der Waals surface area contributed by atoms with Crippen molar-refractivity contribution in [3.8, 4) is 0 Å². The van der Waals surface area contributed by atoms with Gasteiger partial charge in [0.05, 0.1) is 39.9 Å². The van der Waals surface area contributed by atoms with Crippen LogP contribution in [0.25, 0.3) is 0 Å². The molecule has 0 aliphatic heterocycles. The van der Waals surface area contributed by atoms with Crippen LogP contribution in [-0.2, 0) is 18.4 Å². The SMILES string of the molecule is CCCCCCCCCCCCC/C=C/CC/C=C/CC/C=C/C(O)C(COP(=O)(O)OCC[N+](C)(C)C)NC(=O)CCCCCCCCCCCCCCCCC/C=C\CCCCCCCCCCCCCC. The van der Waals surface area contributed by atoms with Gasteiger partial charge in [0.2, 0.25) is 5.91 Å². The first-order chi connectivity index (χ1) is 36.0. The molecule has 0 aliphatic carbocycles. The molecule has 0 aromatic carbocycles. The van der Waals surface area contributed by atoms with Crippen LogP contribution in [0.1, 0.15) is 309 Å². The normalized spacial score (nSPS) is 14.1. The lowest BCUT2D eigenvalue weighted by atomic mass is 10.0.